The maximum atomic E-state index is 12.2. The summed E-state index contributed by atoms with van der Waals surface area (Å²) in [7, 11) is 1.45. The van der Waals surface area contributed by atoms with Gasteiger partial charge in [-0.05, 0) is 26.0 Å². The lowest BCUT2D eigenvalue weighted by molar-refractivity contribution is -0.137. The Morgan fingerprint density at radius 1 is 1.41 bits per heavy atom. The molecule has 2 heterocycles. The number of morpholine rings is 1. The molecule has 0 saturated carbocycles. The largest absolute Gasteiger partial charge is 0.480 e. The van der Waals surface area contributed by atoms with Crippen molar-refractivity contribution in [3.63, 3.8) is 0 Å². The van der Waals surface area contributed by atoms with Crippen LogP contribution >= 0.6 is 0 Å². The number of carbonyl (C=O) groups is 2. The third-order valence-corrected chi connectivity index (χ3v) is 3.47. The minimum absolute atomic E-state index is 0.116. The molecule has 2 atom stereocenters. The molecular weight excluding hydrogens is 286 g/mol. The molecule has 1 aromatic rings. The summed E-state index contributed by atoms with van der Waals surface area (Å²) in [6.07, 6.45) is 1.80. The molecule has 120 valence electrons. The number of aromatic nitrogens is 1. The van der Waals surface area contributed by atoms with Gasteiger partial charge in [0.05, 0.1) is 12.2 Å². The zero-order chi connectivity index (χ0) is 16.3. The van der Waals surface area contributed by atoms with Crippen molar-refractivity contribution >= 4 is 17.6 Å². The molecule has 7 nitrogen and oxygen atoms in total. The molecule has 1 amide bonds. The van der Waals surface area contributed by atoms with E-state index in [0.29, 0.717) is 0 Å². The number of anilines is 1. The highest BCUT2D eigenvalue weighted by atomic mass is 16.5. The molecule has 1 fully saturated rings. The van der Waals surface area contributed by atoms with Gasteiger partial charge in [-0.2, -0.15) is 0 Å². The van der Waals surface area contributed by atoms with Crippen LogP contribution in [0.4, 0.5) is 5.69 Å². The van der Waals surface area contributed by atoms with E-state index in [9.17, 15) is 9.59 Å². The summed E-state index contributed by atoms with van der Waals surface area (Å²) in [4.78, 5) is 30.2. The number of rotatable bonds is 4. The first kappa shape index (κ1) is 16.2. The molecule has 2 rings (SSSR count). The molecular formula is C15H21N3O4. The second-order valence-electron chi connectivity index (χ2n) is 5.62. The Hall–Kier alpha value is -2.15. The van der Waals surface area contributed by atoms with E-state index in [1.807, 2.05) is 19.9 Å². The van der Waals surface area contributed by atoms with Crippen LogP contribution in [0.5, 0.6) is 0 Å². The summed E-state index contributed by atoms with van der Waals surface area (Å²) in [5.74, 6) is -1.46. The first-order valence-electron chi connectivity index (χ1n) is 7.20. The van der Waals surface area contributed by atoms with Crippen LogP contribution in [0.2, 0.25) is 0 Å². The Morgan fingerprint density at radius 2 is 2.05 bits per heavy atom. The SMILES string of the molecule is CC1CN(c2ccnc(C(=O)N(C)CC(=O)O)c2)CC(C)O1. The van der Waals surface area contributed by atoms with Gasteiger partial charge < -0.3 is 19.6 Å². The molecule has 7 heteroatoms. The van der Waals surface area contributed by atoms with Crippen LogP contribution in [0.3, 0.4) is 0 Å². The number of nitrogens with zero attached hydrogens (tertiary/aromatic N) is 3. The van der Waals surface area contributed by atoms with Gasteiger partial charge in [0.25, 0.3) is 5.91 Å². The normalized spacial score (nSPS) is 21.5. The quantitative estimate of drug-likeness (QED) is 0.888. The van der Waals surface area contributed by atoms with E-state index in [4.69, 9.17) is 9.84 Å². The first-order chi connectivity index (χ1) is 10.4. The summed E-state index contributed by atoms with van der Waals surface area (Å²) >= 11 is 0. The molecule has 0 aromatic carbocycles. The van der Waals surface area contributed by atoms with E-state index in [1.54, 1.807) is 12.3 Å². The molecule has 0 spiro atoms. The van der Waals surface area contributed by atoms with Gasteiger partial charge in [0, 0.05) is 32.0 Å². The topological polar surface area (TPSA) is 83.0 Å². The summed E-state index contributed by atoms with van der Waals surface area (Å²) in [5.41, 5.74) is 1.14. The lowest BCUT2D eigenvalue weighted by Gasteiger charge is -2.36. The summed E-state index contributed by atoms with van der Waals surface area (Å²) in [5, 5.41) is 8.76. The minimum atomic E-state index is -1.05. The van der Waals surface area contributed by atoms with E-state index in [0.717, 1.165) is 23.7 Å². The van der Waals surface area contributed by atoms with Crippen LogP contribution in [0.25, 0.3) is 0 Å². The molecule has 1 N–H and O–H groups in total. The van der Waals surface area contributed by atoms with Crippen LogP contribution in [0.1, 0.15) is 24.3 Å². The summed E-state index contributed by atoms with van der Waals surface area (Å²) in [6.45, 7) is 5.16. The fourth-order valence-corrected chi connectivity index (χ4v) is 2.59. The molecule has 0 bridgehead atoms. The number of aliphatic carboxylic acids is 1. The number of amides is 1. The standard InChI is InChI=1S/C15H21N3O4/c1-10-7-18(8-11(2)22-10)12-4-5-16-13(6-12)15(21)17(3)9-14(19)20/h4-6,10-11H,7-9H2,1-3H3,(H,19,20). The van der Waals surface area contributed by atoms with Gasteiger partial charge in [-0.1, -0.05) is 0 Å². The van der Waals surface area contributed by atoms with Gasteiger partial charge >= 0.3 is 5.97 Å². The van der Waals surface area contributed by atoms with Crippen molar-refractivity contribution in [2.75, 3.05) is 31.6 Å². The van der Waals surface area contributed by atoms with Crippen molar-refractivity contribution in [3.8, 4) is 0 Å². The van der Waals surface area contributed by atoms with Crippen LogP contribution in [0, 0.1) is 0 Å². The Morgan fingerprint density at radius 3 is 2.64 bits per heavy atom. The smallest absolute Gasteiger partial charge is 0.323 e. The van der Waals surface area contributed by atoms with Crippen molar-refractivity contribution in [1.29, 1.82) is 0 Å². The Bertz CT molecular complexity index is 553. The van der Waals surface area contributed by atoms with Gasteiger partial charge in [0.2, 0.25) is 0 Å². The Balaban J connectivity index is 2.16. The van der Waals surface area contributed by atoms with Crippen LogP contribution in [-0.2, 0) is 9.53 Å². The number of hydrogen-bond acceptors (Lipinski definition) is 5. The molecule has 2 unspecified atom stereocenters. The van der Waals surface area contributed by atoms with E-state index < -0.39 is 11.9 Å². The molecule has 0 aliphatic carbocycles. The van der Waals surface area contributed by atoms with Crippen molar-refractivity contribution in [2.45, 2.75) is 26.1 Å². The van der Waals surface area contributed by atoms with Gasteiger partial charge in [-0.25, -0.2) is 0 Å². The fourth-order valence-electron chi connectivity index (χ4n) is 2.59. The van der Waals surface area contributed by atoms with Crippen molar-refractivity contribution in [3.05, 3.63) is 24.0 Å². The monoisotopic (exact) mass is 307 g/mol. The highest BCUT2D eigenvalue weighted by Gasteiger charge is 2.23. The maximum Gasteiger partial charge on any atom is 0.323 e. The second-order valence-corrected chi connectivity index (χ2v) is 5.62. The Labute approximate surface area is 129 Å². The van der Waals surface area contributed by atoms with Crippen molar-refractivity contribution in [2.24, 2.45) is 0 Å². The number of hydrogen-bond donors (Lipinski definition) is 1. The number of ether oxygens (including phenoxy) is 1. The third kappa shape index (κ3) is 3.94. The maximum absolute atomic E-state index is 12.2. The number of carbonyl (C=O) groups excluding carboxylic acids is 1. The predicted octanol–water partition coefficient (Wildman–Crippen LogP) is 0.852. The highest BCUT2D eigenvalue weighted by Crippen LogP contribution is 2.21. The molecule has 1 aliphatic rings. The molecule has 22 heavy (non-hydrogen) atoms. The highest BCUT2D eigenvalue weighted by molar-refractivity contribution is 5.94. The lowest BCUT2D eigenvalue weighted by atomic mass is 10.2. The van der Waals surface area contributed by atoms with Crippen molar-refractivity contribution < 1.29 is 19.4 Å². The zero-order valence-corrected chi connectivity index (χ0v) is 13.0. The summed E-state index contributed by atoms with van der Waals surface area (Å²) < 4.78 is 5.70. The van der Waals surface area contributed by atoms with E-state index in [1.165, 1.54) is 7.05 Å². The lowest BCUT2D eigenvalue weighted by Crippen LogP contribution is -2.45. The van der Waals surface area contributed by atoms with Gasteiger partial charge in [0.1, 0.15) is 12.2 Å². The van der Waals surface area contributed by atoms with Crippen LogP contribution in [0.15, 0.2) is 18.3 Å². The molecule has 0 radical (unpaired) electrons. The second kappa shape index (κ2) is 6.74. The molecule has 1 saturated heterocycles. The minimum Gasteiger partial charge on any atom is -0.480 e. The molecule has 1 aliphatic heterocycles. The Kier molecular flexibility index (Phi) is 4.97. The number of carboxylic acids is 1. The van der Waals surface area contributed by atoms with Crippen LogP contribution < -0.4 is 4.90 Å². The van der Waals surface area contributed by atoms with Crippen LogP contribution in [-0.4, -0.2) is 65.8 Å². The van der Waals surface area contributed by atoms with Gasteiger partial charge in [0.15, 0.2) is 0 Å². The summed E-state index contributed by atoms with van der Waals surface area (Å²) in [6, 6.07) is 3.55. The predicted molar refractivity (Wildman–Crippen MR) is 81.1 cm³/mol. The van der Waals surface area contributed by atoms with Gasteiger partial charge in [-0.15, -0.1) is 0 Å². The zero-order valence-electron chi connectivity index (χ0n) is 13.0. The average Bonchev–Trinajstić information content (AvgIpc) is 2.45. The average molecular weight is 307 g/mol. The fraction of sp³-hybridized carbons (Fsp3) is 0.533. The van der Waals surface area contributed by atoms with Gasteiger partial charge in [-0.3, -0.25) is 14.6 Å². The van der Waals surface area contributed by atoms with Crippen molar-refractivity contribution in [1.82, 2.24) is 9.88 Å². The molecule has 1 aromatic heterocycles. The van der Waals surface area contributed by atoms with E-state index in [-0.39, 0.29) is 24.4 Å². The number of likely N-dealkylation sites (N-methyl/N-ethyl adjacent to an activating group) is 1. The number of carboxylic acid groups (broad SMARTS) is 1. The first-order valence-corrected chi connectivity index (χ1v) is 7.20. The third-order valence-electron chi connectivity index (χ3n) is 3.47. The number of pyridine rings is 1. The van der Waals surface area contributed by atoms with E-state index in [2.05, 4.69) is 9.88 Å². The van der Waals surface area contributed by atoms with E-state index >= 15 is 0 Å².